The Hall–Kier alpha value is -1.13. The lowest BCUT2D eigenvalue weighted by Gasteiger charge is -2.22. The summed E-state index contributed by atoms with van der Waals surface area (Å²) in [6.07, 6.45) is 0. The van der Waals surface area contributed by atoms with Crippen LogP contribution in [0, 0.1) is 5.92 Å². The molecule has 2 aromatic rings. The molecule has 0 saturated heterocycles. The van der Waals surface area contributed by atoms with Crippen molar-refractivity contribution in [3.05, 3.63) is 24.3 Å². The van der Waals surface area contributed by atoms with Gasteiger partial charge in [-0.15, -0.1) is 0 Å². The van der Waals surface area contributed by atoms with E-state index in [1.807, 2.05) is 6.07 Å². The van der Waals surface area contributed by atoms with Crippen LogP contribution in [0.2, 0.25) is 0 Å². The number of para-hydroxylation sites is 1. The predicted octanol–water partition coefficient (Wildman–Crippen LogP) is 2.72. The van der Waals surface area contributed by atoms with Crippen molar-refractivity contribution in [2.75, 3.05) is 24.5 Å². The van der Waals surface area contributed by atoms with Gasteiger partial charge in [0.25, 0.3) is 0 Å². The Morgan fingerprint density at radius 1 is 1.41 bits per heavy atom. The summed E-state index contributed by atoms with van der Waals surface area (Å²) in [4.78, 5) is 6.98. The van der Waals surface area contributed by atoms with E-state index in [0.717, 1.165) is 30.3 Å². The Labute approximate surface area is 106 Å². The normalized spacial score (nSPS) is 12.9. The highest BCUT2D eigenvalue weighted by Gasteiger charge is 2.12. The standard InChI is InChI=1S/C13H19N3S/c1-3-16(9-10(2)8-14)13-15-11-6-4-5-7-12(11)17-13/h4-7,10H,3,8-9,14H2,1-2H3. The second-order valence-electron chi connectivity index (χ2n) is 4.34. The summed E-state index contributed by atoms with van der Waals surface area (Å²) in [5, 5.41) is 1.11. The number of nitrogens with two attached hydrogens (primary N) is 1. The van der Waals surface area contributed by atoms with Gasteiger partial charge in [0.2, 0.25) is 0 Å². The first-order chi connectivity index (χ1) is 8.24. The van der Waals surface area contributed by atoms with Crippen LogP contribution in [0.15, 0.2) is 24.3 Å². The lowest BCUT2D eigenvalue weighted by molar-refractivity contribution is 0.575. The average molecular weight is 249 g/mol. The van der Waals surface area contributed by atoms with Crippen LogP contribution in [0.25, 0.3) is 10.2 Å². The monoisotopic (exact) mass is 249 g/mol. The lowest BCUT2D eigenvalue weighted by atomic mass is 10.2. The Bertz CT molecular complexity index is 447. The number of nitrogens with zero attached hydrogens (tertiary/aromatic N) is 2. The maximum absolute atomic E-state index is 5.68. The van der Waals surface area contributed by atoms with E-state index in [-0.39, 0.29) is 0 Å². The second kappa shape index (κ2) is 5.47. The molecule has 92 valence electrons. The van der Waals surface area contributed by atoms with Gasteiger partial charge in [-0.1, -0.05) is 30.4 Å². The molecule has 0 saturated carbocycles. The second-order valence-corrected chi connectivity index (χ2v) is 5.35. The molecule has 1 aromatic carbocycles. The number of hydrogen-bond donors (Lipinski definition) is 1. The molecule has 0 aliphatic heterocycles. The fourth-order valence-electron chi connectivity index (χ4n) is 1.79. The average Bonchev–Trinajstić information content (AvgIpc) is 2.78. The van der Waals surface area contributed by atoms with Crippen LogP contribution in [0.4, 0.5) is 5.13 Å². The Morgan fingerprint density at radius 2 is 2.18 bits per heavy atom. The highest BCUT2D eigenvalue weighted by molar-refractivity contribution is 7.22. The molecule has 1 atom stereocenters. The van der Waals surface area contributed by atoms with Crippen LogP contribution < -0.4 is 10.6 Å². The number of fused-ring (bicyclic) bond motifs is 1. The lowest BCUT2D eigenvalue weighted by Crippen LogP contribution is -2.31. The minimum absolute atomic E-state index is 0.502. The van der Waals surface area contributed by atoms with Gasteiger partial charge >= 0.3 is 0 Å². The van der Waals surface area contributed by atoms with Gasteiger partial charge in [-0.05, 0) is 31.5 Å². The van der Waals surface area contributed by atoms with E-state index in [1.54, 1.807) is 11.3 Å². The van der Waals surface area contributed by atoms with Crippen molar-refractivity contribution in [1.82, 2.24) is 4.98 Å². The number of rotatable bonds is 5. The van der Waals surface area contributed by atoms with Crippen molar-refractivity contribution in [2.45, 2.75) is 13.8 Å². The number of anilines is 1. The highest BCUT2D eigenvalue weighted by Crippen LogP contribution is 2.28. The molecule has 0 aliphatic rings. The molecule has 4 heteroatoms. The van der Waals surface area contributed by atoms with Gasteiger partial charge in [-0.3, -0.25) is 0 Å². The molecule has 0 aliphatic carbocycles. The molecule has 1 aromatic heterocycles. The molecule has 0 fully saturated rings. The molecular weight excluding hydrogens is 230 g/mol. The summed E-state index contributed by atoms with van der Waals surface area (Å²) in [6.45, 7) is 7.02. The molecular formula is C13H19N3S. The van der Waals surface area contributed by atoms with Gasteiger partial charge in [0.1, 0.15) is 0 Å². The third-order valence-corrected chi connectivity index (χ3v) is 3.97. The Morgan fingerprint density at radius 3 is 2.82 bits per heavy atom. The maximum Gasteiger partial charge on any atom is 0.186 e. The van der Waals surface area contributed by atoms with Crippen LogP contribution in [0.5, 0.6) is 0 Å². The zero-order chi connectivity index (χ0) is 12.3. The van der Waals surface area contributed by atoms with Crippen LogP contribution in [-0.2, 0) is 0 Å². The molecule has 2 rings (SSSR count). The topological polar surface area (TPSA) is 42.1 Å². The van der Waals surface area contributed by atoms with Crippen molar-refractivity contribution >= 4 is 26.7 Å². The quantitative estimate of drug-likeness (QED) is 0.886. The smallest absolute Gasteiger partial charge is 0.186 e. The zero-order valence-electron chi connectivity index (χ0n) is 10.4. The van der Waals surface area contributed by atoms with Crippen molar-refractivity contribution in [2.24, 2.45) is 11.7 Å². The van der Waals surface area contributed by atoms with Crippen molar-refractivity contribution in [1.29, 1.82) is 0 Å². The van der Waals surface area contributed by atoms with Gasteiger partial charge in [-0.25, -0.2) is 4.98 Å². The minimum Gasteiger partial charge on any atom is -0.348 e. The Balaban J connectivity index is 2.24. The molecule has 2 N–H and O–H groups in total. The molecule has 1 unspecified atom stereocenters. The van der Waals surface area contributed by atoms with Crippen molar-refractivity contribution in [3.8, 4) is 0 Å². The summed E-state index contributed by atoms with van der Waals surface area (Å²) in [7, 11) is 0. The molecule has 17 heavy (non-hydrogen) atoms. The number of benzene rings is 1. The maximum atomic E-state index is 5.68. The van der Waals surface area contributed by atoms with E-state index in [0.29, 0.717) is 5.92 Å². The van der Waals surface area contributed by atoms with E-state index in [4.69, 9.17) is 5.73 Å². The van der Waals surface area contributed by atoms with Crippen LogP contribution in [0.1, 0.15) is 13.8 Å². The molecule has 3 nitrogen and oxygen atoms in total. The number of aromatic nitrogens is 1. The van der Waals surface area contributed by atoms with E-state index in [9.17, 15) is 0 Å². The van der Waals surface area contributed by atoms with E-state index in [1.165, 1.54) is 4.70 Å². The summed E-state index contributed by atoms with van der Waals surface area (Å²) < 4.78 is 1.25. The largest absolute Gasteiger partial charge is 0.348 e. The summed E-state index contributed by atoms with van der Waals surface area (Å²) in [6, 6.07) is 8.28. The molecule has 0 bridgehead atoms. The van der Waals surface area contributed by atoms with Crippen LogP contribution in [0.3, 0.4) is 0 Å². The summed E-state index contributed by atoms with van der Waals surface area (Å²) in [5.41, 5.74) is 6.77. The molecule has 1 heterocycles. The molecule has 0 spiro atoms. The first-order valence-electron chi connectivity index (χ1n) is 6.05. The van der Waals surface area contributed by atoms with Crippen molar-refractivity contribution < 1.29 is 0 Å². The number of thiazole rings is 1. The van der Waals surface area contributed by atoms with Gasteiger partial charge < -0.3 is 10.6 Å². The Kier molecular flexibility index (Phi) is 3.97. The van der Waals surface area contributed by atoms with Gasteiger partial charge in [0, 0.05) is 13.1 Å². The van der Waals surface area contributed by atoms with Gasteiger partial charge in [0.15, 0.2) is 5.13 Å². The fourth-order valence-corrected chi connectivity index (χ4v) is 2.83. The molecule has 0 radical (unpaired) electrons. The van der Waals surface area contributed by atoms with Gasteiger partial charge in [-0.2, -0.15) is 0 Å². The highest BCUT2D eigenvalue weighted by atomic mass is 32.1. The van der Waals surface area contributed by atoms with Crippen LogP contribution in [-0.4, -0.2) is 24.6 Å². The van der Waals surface area contributed by atoms with Gasteiger partial charge in [0.05, 0.1) is 10.2 Å². The third kappa shape index (κ3) is 2.76. The third-order valence-electron chi connectivity index (χ3n) is 2.87. The zero-order valence-corrected chi connectivity index (χ0v) is 11.2. The summed E-state index contributed by atoms with van der Waals surface area (Å²) >= 11 is 1.76. The first-order valence-corrected chi connectivity index (χ1v) is 6.86. The van der Waals surface area contributed by atoms with E-state index >= 15 is 0 Å². The van der Waals surface area contributed by atoms with Crippen molar-refractivity contribution in [3.63, 3.8) is 0 Å². The first kappa shape index (κ1) is 12.3. The predicted molar refractivity (Wildman–Crippen MR) is 75.7 cm³/mol. The van der Waals surface area contributed by atoms with E-state index < -0.39 is 0 Å². The number of hydrogen-bond acceptors (Lipinski definition) is 4. The summed E-state index contributed by atoms with van der Waals surface area (Å²) in [5.74, 6) is 0.502. The minimum atomic E-state index is 0.502. The fraction of sp³-hybridized carbons (Fsp3) is 0.462. The molecule has 0 amide bonds. The van der Waals surface area contributed by atoms with E-state index in [2.05, 4.69) is 41.9 Å². The van der Waals surface area contributed by atoms with Crippen LogP contribution >= 0.6 is 11.3 Å². The SMILES string of the molecule is CCN(CC(C)CN)c1nc2ccccc2s1.